The molecule has 0 bridgehead atoms. The van der Waals surface area contributed by atoms with Gasteiger partial charge in [-0.05, 0) is 0 Å². The van der Waals surface area contributed by atoms with Gasteiger partial charge in [0, 0.05) is 0 Å². The van der Waals surface area contributed by atoms with Gasteiger partial charge in [0.15, 0.2) is 10.1 Å². The smallest absolute Gasteiger partial charge is 0.408 e. The van der Waals surface area contributed by atoms with Gasteiger partial charge >= 0.3 is 17.5 Å². The fourth-order valence-corrected chi connectivity index (χ4v) is 0.966. The van der Waals surface area contributed by atoms with Crippen molar-refractivity contribution in [1.82, 2.24) is 0 Å². The lowest BCUT2D eigenvalue weighted by Gasteiger charge is -2.31. The topological polar surface area (TPSA) is 83.5 Å². The maximum atomic E-state index is 12.7. The predicted octanol–water partition coefficient (Wildman–Crippen LogP) is 0.228. The lowest BCUT2D eigenvalue weighted by atomic mass is 10.3. The SMILES string of the molecule is O=COC(F)(C(F)F)C(F)(F)S(=O)(=O)[O-]. The molecule has 5 nitrogen and oxygen atoms in total. The van der Waals surface area contributed by atoms with E-state index in [9.17, 15) is 39.7 Å². The molecule has 0 saturated heterocycles. The van der Waals surface area contributed by atoms with Gasteiger partial charge in [0.05, 0.1) is 0 Å². The van der Waals surface area contributed by atoms with Crippen molar-refractivity contribution < 1.29 is 44.5 Å². The Morgan fingerprint density at radius 1 is 1.27 bits per heavy atom. The summed E-state index contributed by atoms with van der Waals surface area (Å²) in [6, 6.07) is 0. The minimum Gasteiger partial charge on any atom is -0.743 e. The van der Waals surface area contributed by atoms with Crippen molar-refractivity contribution in [2.75, 3.05) is 0 Å². The summed E-state index contributed by atoms with van der Waals surface area (Å²) in [4.78, 5) is 9.47. The Balaban J connectivity index is 5.55. The van der Waals surface area contributed by atoms with Crippen molar-refractivity contribution in [1.29, 1.82) is 0 Å². The van der Waals surface area contributed by atoms with E-state index in [-0.39, 0.29) is 0 Å². The molecule has 0 aromatic rings. The Hall–Kier alpha value is -0.970. The number of carbonyl (C=O) groups excluding carboxylic acids is 1. The van der Waals surface area contributed by atoms with E-state index < -0.39 is 34.1 Å². The zero-order valence-corrected chi connectivity index (χ0v) is 7.31. The van der Waals surface area contributed by atoms with Crippen molar-refractivity contribution in [3.05, 3.63) is 0 Å². The van der Waals surface area contributed by atoms with Gasteiger partial charge < -0.3 is 9.29 Å². The maximum absolute atomic E-state index is 12.7. The van der Waals surface area contributed by atoms with Gasteiger partial charge in [0.1, 0.15) is 0 Å². The second kappa shape index (κ2) is 3.89. The highest BCUT2D eigenvalue weighted by molar-refractivity contribution is 7.86. The van der Waals surface area contributed by atoms with Crippen LogP contribution in [0, 0.1) is 0 Å². The van der Waals surface area contributed by atoms with Crippen LogP contribution in [0.3, 0.4) is 0 Å². The fraction of sp³-hybridized carbons (Fsp3) is 0.750. The summed E-state index contributed by atoms with van der Waals surface area (Å²) in [6.45, 7) is -1.16. The molecule has 0 spiro atoms. The highest BCUT2D eigenvalue weighted by atomic mass is 32.2. The summed E-state index contributed by atoms with van der Waals surface area (Å²) in [5.41, 5.74) is 0. The van der Waals surface area contributed by atoms with Crippen LogP contribution >= 0.6 is 0 Å². The molecule has 0 aromatic carbocycles. The highest BCUT2D eigenvalue weighted by Gasteiger charge is 2.68. The number of ether oxygens (including phenoxy) is 1. The summed E-state index contributed by atoms with van der Waals surface area (Å²) >= 11 is 0. The van der Waals surface area contributed by atoms with Gasteiger partial charge in [0.2, 0.25) is 0 Å². The van der Waals surface area contributed by atoms with Crippen LogP contribution in [-0.2, 0) is 19.6 Å². The Bertz CT molecular complexity index is 339. The van der Waals surface area contributed by atoms with E-state index in [1.54, 1.807) is 0 Å². The van der Waals surface area contributed by atoms with Gasteiger partial charge in [-0.3, -0.25) is 4.79 Å². The molecule has 0 rings (SSSR count). The van der Waals surface area contributed by atoms with Gasteiger partial charge in [-0.25, -0.2) is 17.2 Å². The molecule has 1 unspecified atom stereocenters. The van der Waals surface area contributed by atoms with E-state index >= 15 is 0 Å². The van der Waals surface area contributed by atoms with Crippen molar-refractivity contribution in [2.24, 2.45) is 0 Å². The Morgan fingerprint density at radius 3 is 1.87 bits per heavy atom. The Labute approximate surface area is 79.6 Å². The Kier molecular flexibility index (Phi) is 3.63. The number of halogens is 5. The summed E-state index contributed by atoms with van der Waals surface area (Å²) in [7, 11) is -6.75. The molecule has 0 aliphatic heterocycles. The lowest BCUT2D eigenvalue weighted by molar-refractivity contribution is -0.277. The molecule has 15 heavy (non-hydrogen) atoms. The summed E-state index contributed by atoms with van der Waals surface area (Å²) < 4.78 is 93.0. The van der Waals surface area contributed by atoms with Crippen LogP contribution in [0.15, 0.2) is 0 Å². The molecule has 0 amide bonds. The molecule has 0 fully saturated rings. The van der Waals surface area contributed by atoms with Crippen LogP contribution in [0.4, 0.5) is 22.0 Å². The first kappa shape index (κ1) is 14.0. The quantitative estimate of drug-likeness (QED) is 0.400. The second-order valence-corrected chi connectivity index (χ2v) is 3.55. The molecule has 1 atom stereocenters. The average Bonchev–Trinajstić information content (AvgIpc) is 2.01. The molecule has 0 aliphatic carbocycles. The largest absolute Gasteiger partial charge is 0.743 e. The van der Waals surface area contributed by atoms with Crippen LogP contribution < -0.4 is 0 Å². The standard InChI is InChI=1S/C4H3F5O5S/c5-2(6)3(7,14-1-10)4(8,9)15(11,12)13/h1-2H,(H,11,12,13)/p-1. The number of alkyl halides is 5. The number of rotatable bonds is 5. The van der Waals surface area contributed by atoms with E-state index in [0.717, 1.165) is 0 Å². The van der Waals surface area contributed by atoms with E-state index in [1.165, 1.54) is 0 Å². The molecule has 0 heterocycles. The molecule has 0 aromatic heterocycles. The van der Waals surface area contributed by atoms with E-state index in [0.29, 0.717) is 0 Å². The zero-order chi connectivity index (χ0) is 12.5. The summed E-state index contributed by atoms with van der Waals surface area (Å²) in [5.74, 6) is -5.50. The Morgan fingerprint density at radius 2 is 1.67 bits per heavy atom. The number of carbonyl (C=O) groups is 1. The monoisotopic (exact) mass is 257 g/mol. The van der Waals surface area contributed by atoms with Gasteiger partial charge in [-0.1, -0.05) is 0 Å². The third kappa shape index (κ3) is 2.17. The van der Waals surface area contributed by atoms with Gasteiger partial charge in [-0.15, -0.1) is 0 Å². The lowest BCUT2D eigenvalue weighted by Crippen LogP contribution is -2.56. The van der Waals surface area contributed by atoms with Crippen molar-refractivity contribution in [2.45, 2.75) is 17.5 Å². The minimum atomic E-state index is -6.75. The van der Waals surface area contributed by atoms with Crippen LogP contribution in [0.5, 0.6) is 0 Å². The van der Waals surface area contributed by atoms with Crippen molar-refractivity contribution >= 4 is 16.6 Å². The second-order valence-electron chi connectivity index (χ2n) is 2.13. The van der Waals surface area contributed by atoms with Crippen LogP contribution in [0.25, 0.3) is 0 Å². The molecular weight excluding hydrogens is 255 g/mol. The third-order valence-corrected chi connectivity index (χ3v) is 2.12. The first-order valence-electron chi connectivity index (χ1n) is 2.92. The zero-order valence-electron chi connectivity index (χ0n) is 6.49. The van der Waals surface area contributed by atoms with E-state index in [1.807, 2.05) is 0 Å². The van der Waals surface area contributed by atoms with Gasteiger partial charge in [0.25, 0.3) is 6.47 Å². The predicted molar refractivity (Wildman–Crippen MR) is 31.6 cm³/mol. The summed E-state index contributed by atoms with van der Waals surface area (Å²) in [5, 5.41) is -6.09. The van der Waals surface area contributed by atoms with Gasteiger partial charge in [-0.2, -0.15) is 13.2 Å². The summed E-state index contributed by atoms with van der Waals surface area (Å²) in [6.07, 6.45) is -4.71. The highest BCUT2D eigenvalue weighted by Crippen LogP contribution is 2.41. The molecule has 0 N–H and O–H groups in total. The van der Waals surface area contributed by atoms with E-state index in [4.69, 9.17) is 0 Å². The minimum absolute atomic E-state index is 1.16. The molecule has 0 aliphatic rings. The first-order valence-corrected chi connectivity index (χ1v) is 4.33. The van der Waals surface area contributed by atoms with Crippen LogP contribution in [-0.4, -0.2) is 37.0 Å². The van der Waals surface area contributed by atoms with Crippen molar-refractivity contribution in [3.8, 4) is 0 Å². The van der Waals surface area contributed by atoms with Crippen LogP contribution in [0.2, 0.25) is 0 Å². The molecule has 0 radical (unpaired) electrons. The first-order chi connectivity index (χ1) is 6.50. The number of hydrogen-bond donors (Lipinski definition) is 0. The van der Waals surface area contributed by atoms with E-state index in [2.05, 4.69) is 4.74 Å². The normalized spacial score (nSPS) is 17.3. The maximum Gasteiger partial charge on any atom is 0.408 e. The molecule has 11 heteroatoms. The van der Waals surface area contributed by atoms with Crippen molar-refractivity contribution in [3.63, 3.8) is 0 Å². The number of hydrogen-bond acceptors (Lipinski definition) is 5. The molecule has 90 valence electrons. The molecular formula is C4H2F5O5S-. The third-order valence-electron chi connectivity index (χ3n) is 1.21. The van der Waals surface area contributed by atoms with Crippen LogP contribution in [0.1, 0.15) is 0 Å². The fourth-order valence-electron chi connectivity index (χ4n) is 0.488. The average molecular weight is 257 g/mol. The molecule has 0 saturated carbocycles.